The van der Waals surface area contributed by atoms with Crippen LogP contribution in [0.25, 0.3) is 16.9 Å². The van der Waals surface area contributed by atoms with Crippen molar-refractivity contribution in [2.45, 2.75) is 19.8 Å². The summed E-state index contributed by atoms with van der Waals surface area (Å²) in [6.45, 7) is 2.18. The molecule has 0 amide bonds. The molecule has 0 aliphatic carbocycles. The Hall–Kier alpha value is -1.68. The van der Waals surface area contributed by atoms with Gasteiger partial charge in [0.15, 0.2) is 5.65 Å². The van der Waals surface area contributed by atoms with Crippen LogP contribution in [0.2, 0.25) is 0 Å². The van der Waals surface area contributed by atoms with Gasteiger partial charge < -0.3 is 0 Å². The van der Waals surface area contributed by atoms with Gasteiger partial charge in [0.25, 0.3) is 0 Å². The lowest BCUT2D eigenvalue weighted by Gasteiger charge is -2.02. The minimum absolute atomic E-state index is 0.982. The zero-order valence-corrected chi connectivity index (χ0v) is 10.4. The summed E-state index contributed by atoms with van der Waals surface area (Å²) in [6.07, 6.45) is 5.94. The minimum Gasteiger partial charge on any atom is -0.235 e. The number of hydrogen-bond donors (Lipinski definition) is 0. The summed E-state index contributed by atoms with van der Waals surface area (Å²) < 4.78 is 1.94. The van der Waals surface area contributed by atoms with E-state index in [9.17, 15) is 0 Å². The Balaban J connectivity index is 2.20. The van der Waals surface area contributed by atoms with Crippen molar-refractivity contribution in [2.24, 2.45) is 0 Å². The maximum absolute atomic E-state index is 4.50. The first-order chi connectivity index (χ1) is 8.40. The van der Waals surface area contributed by atoms with Crippen molar-refractivity contribution in [1.29, 1.82) is 0 Å². The lowest BCUT2D eigenvalue weighted by atomic mass is 10.2. The third kappa shape index (κ3) is 1.74. The van der Waals surface area contributed by atoms with Crippen LogP contribution >= 0.6 is 11.3 Å². The Kier molecular flexibility index (Phi) is 2.65. The molecule has 0 spiro atoms. The Morgan fingerprint density at radius 2 is 2.29 bits per heavy atom. The molecule has 0 aliphatic rings. The highest BCUT2D eigenvalue weighted by Gasteiger charge is 2.09. The van der Waals surface area contributed by atoms with Crippen molar-refractivity contribution < 1.29 is 0 Å². The predicted molar refractivity (Wildman–Crippen MR) is 70.3 cm³/mol. The van der Waals surface area contributed by atoms with E-state index >= 15 is 0 Å². The van der Waals surface area contributed by atoms with E-state index in [4.69, 9.17) is 0 Å². The van der Waals surface area contributed by atoms with E-state index in [1.165, 1.54) is 11.1 Å². The molecule has 3 heterocycles. The van der Waals surface area contributed by atoms with E-state index in [0.29, 0.717) is 0 Å². The highest BCUT2D eigenvalue weighted by Crippen LogP contribution is 2.23. The van der Waals surface area contributed by atoms with Gasteiger partial charge in [-0.1, -0.05) is 13.3 Å². The molecular formula is C13H13N3S. The van der Waals surface area contributed by atoms with Crippen molar-refractivity contribution in [2.75, 3.05) is 0 Å². The SMILES string of the molecule is CCCc1ccnn2c(-c3ccsc3)cnc12. The zero-order valence-electron chi connectivity index (χ0n) is 9.63. The molecular weight excluding hydrogens is 230 g/mol. The third-order valence-corrected chi connectivity index (χ3v) is 3.50. The average molecular weight is 243 g/mol. The van der Waals surface area contributed by atoms with Gasteiger partial charge >= 0.3 is 0 Å². The number of rotatable bonds is 3. The van der Waals surface area contributed by atoms with E-state index in [0.717, 1.165) is 24.2 Å². The molecule has 3 nitrogen and oxygen atoms in total. The van der Waals surface area contributed by atoms with Crippen LogP contribution in [0.1, 0.15) is 18.9 Å². The van der Waals surface area contributed by atoms with Crippen molar-refractivity contribution in [3.63, 3.8) is 0 Å². The summed E-state index contributed by atoms with van der Waals surface area (Å²) in [6, 6.07) is 4.16. The first-order valence-electron chi connectivity index (χ1n) is 5.74. The number of nitrogens with zero attached hydrogens (tertiary/aromatic N) is 3. The molecule has 3 aromatic heterocycles. The Morgan fingerprint density at radius 3 is 3.06 bits per heavy atom. The lowest BCUT2D eigenvalue weighted by molar-refractivity contribution is 0.878. The van der Waals surface area contributed by atoms with Crippen LogP contribution in [0, 0.1) is 0 Å². The summed E-state index contributed by atoms with van der Waals surface area (Å²) in [5, 5.41) is 8.60. The topological polar surface area (TPSA) is 30.2 Å². The third-order valence-electron chi connectivity index (χ3n) is 2.82. The molecule has 4 heteroatoms. The van der Waals surface area contributed by atoms with Gasteiger partial charge in [0, 0.05) is 17.1 Å². The standard InChI is InChI=1S/C13H13N3S/c1-2-3-10-4-6-15-16-12(8-14-13(10)16)11-5-7-17-9-11/h4-9H,2-3H2,1H3. The number of thiophene rings is 1. The summed E-state index contributed by atoms with van der Waals surface area (Å²) >= 11 is 1.69. The molecule has 0 bridgehead atoms. The van der Waals surface area contributed by atoms with E-state index in [1.807, 2.05) is 16.9 Å². The van der Waals surface area contributed by atoms with Crippen LogP contribution in [0.4, 0.5) is 0 Å². The molecule has 3 rings (SSSR count). The second kappa shape index (κ2) is 4.30. The van der Waals surface area contributed by atoms with Gasteiger partial charge in [-0.2, -0.15) is 16.4 Å². The van der Waals surface area contributed by atoms with E-state index < -0.39 is 0 Å². The summed E-state index contributed by atoms with van der Waals surface area (Å²) in [5.74, 6) is 0. The van der Waals surface area contributed by atoms with E-state index in [1.54, 1.807) is 11.3 Å². The quantitative estimate of drug-likeness (QED) is 0.705. The molecule has 0 atom stereocenters. The van der Waals surface area contributed by atoms with Crippen LogP contribution in [-0.4, -0.2) is 14.6 Å². The number of hydrogen-bond acceptors (Lipinski definition) is 3. The molecule has 86 valence electrons. The van der Waals surface area contributed by atoms with E-state index in [-0.39, 0.29) is 0 Å². The van der Waals surface area contributed by atoms with Crippen molar-refractivity contribution in [3.8, 4) is 11.3 Å². The fourth-order valence-electron chi connectivity index (χ4n) is 2.02. The van der Waals surface area contributed by atoms with Gasteiger partial charge in [-0.25, -0.2) is 9.50 Å². The van der Waals surface area contributed by atoms with Gasteiger partial charge in [-0.05, 0) is 29.5 Å². The molecule has 0 N–H and O–H groups in total. The summed E-state index contributed by atoms with van der Waals surface area (Å²) in [4.78, 5) is 4.50. The zero-order chi connectivity index (χ0) is 11.7. The van der Waals surface area contributed by atoms with Crippen LogP contribution in [-0.2, 0) is 6.42 Å². The van der Waals surface area contributed by atoms with Gasteiger partial charge in [0.05, 0.1) is 11.9 Å². The molecule has 17 heavy (non-hydrogen) atoms. The molecule has 0 saturated heterocycles. The maximum Gasteiger partial charge on any atom is 0.157 e. The van der Waals surface area contributed by atoms with Gasteiger partial charge in [0.1, 0.15) is 0 Å². The number of fused-ring (bicyclic) bond motifs is 1. The minimum atomic E-state index is 0.982. The second-order valence-corrected chi connectivity index (χ2v) is 4.78. The van der Waals surface area contributed by atoms with Crippen LogP contribution in [0.3, 0.4) is 0 Å². The smallest absolute Gasteiger partial charge is 0.157 e. The predicted octanol–water partition coefficient (Wildman–Crippen LogP) is 3.41. The molecule has 0 radical (unpaired) electrons. The van der Waals surface area contributed by atoms with Crippen molar-refractivity contribution >= 4 is 17.0 Å². The average Bonchev–Trinajstić information content (AvgIpc) is 2.97. The fourth-order valence-corrected chi connectivity index (χ4v) is 2.67. The van der Waals surface area contributed by atoms with Crippen LogP contribution in [0.5, 0.6) is 0 Å². The second-order valence-electron chi connectivity index (χ2n) is 4.00. The van der Waals surface area contributed by atoms with Crippen LogP contribution in [0.15, 0.2) is 35.3 Å². The van der Waals surface area contributed by atoms with Crippen LogP contribution < -0.4 is 0 Å². The van der Waals surface area contributed by atoms with Crippen molar-refractivity contribution in [1.82, 2.24) is 14.6 Å². The number of aryl methyl sites for hydroxylation is 1. The summed E-state index contributed by atoms with van der Waals surface area (Å²) in [5.41, 5.74) is 4.50. The Bertz CT molecular complexity index is 625. The first-order valence-corrected chi connectivity index (χ1v) is 6.68. The molecule has 0 unspecified atom stereocenters. The van der Waals surface area contributed by atoms with Gasteiger partial charge in [-0.3, -0.25) is 0 Å². The monoisotopic (exact) mass is 243 g/mol. The largest absolute Gasteiger partial charge is 0.235 e. The maximum atomic E-state index is 4.50. The lowest BCUT2D eigenvalue weighted by Crippen LogP contribution is -1.97. The number of imidazole rings is 1. The summed E-state index contributed by atoms with van der Waals surface area (Å²) in [7, 11) is 0. The fraction of sp³-hybridized carbons (Fsp3) is 0.231. The highest BCUT2D eigenvalue weighted by molar-refractivity contribution is 7.08. The molecule has 0 aliphatic heterocycles. The molecule has 0 aromatic carbocycles. The number of aromatic nitrogens is 3. The first kappa shape index (κ1) is 10.5. The highest BCUT2D eigenvalue weighted by atomic mass is 32.1. The van der Waals surface area contributed by atoms with Crippen molar-refractivity contribution in [3.05, 3.63) is 40.8 Å². The Labute approximate surface area is 104 Å². The molecule has 0 fully saturated rings. The van der Waals surface area contributed by atoms with Gasteiger partial charge in [-0.15, -0.1) is 0 Å². The molecule has 3 aromatic rings. The Morgan fingerprint density at radius 1 is 1.35 bits per heavy atom. The molecule has 0 saturated carbocycles. The van der Waals surface area contributed by atoms with E-state index in [2.05, 4.69) is 39.9 Å². The van der Waals surface area contributed by atoms with Gasteiger partial charge in [0.2, 0.25) is 0 Å². The normalized spacial score (nSPS) is 11.1.